The van der Waals surface area contributed by atoms with Gasteiger partial charge in [-0.25, -0.2) is 4.39 Å². The summed E-state index contributed by atoms with van der Waals surface area (Å²) in [5, 5.41) is 12.7. The van der Waals surface area contributed by atoms with Gasteiger partial charge in [-0.3, -0.25) is 0 Å². The second kappa shape index (κ2) is 6.17. The summed E-state index contributed by atoms with van der Waals surface area (Å²) in [7, 11) is 0. The molecule has 0 fully saturated rings. The van der Waals surface area contributed by atoms with Crippen LogP contribution in [0.25, 0.3) is 0 Å². The highest BCUT2D eigenvalue weighted by atomic mass is 32.1. The Labute approximate surface area is 116 Å². The molecule has 0 aliphatic heterocycles. The van der Waals surface area contributed by atoms with Gasteiger partial charge in [-0.1, -0.05) is 6.92 Å². The van der Waals surface area contributed by atoms with Crippen LogP contribution in [0.1, 0.15) is 28.3 Å². The van der Waals surface area contributed by atoms with E-state index in [-0.39, 0.29) is 18.5 Å². The largest absolute Gasteiger partial charge is 0.394 e. The highest BCUT2D eigenvalue weighted by Crippen LogP contribution is 2.27. The molecule has 19 heavy (non-hydrogen) atoms. The number of rotatable bonds is 5. The van der Waals surface area contributed by atoms with Crippen LogP contribution in [0.3, 0.4) is 0 Å². The molecule has 102 valence electrons. The van der Waals surface area contributed by atoms with Crippen molar-refractivity contribution in [2.45, 2.75) is 26.3 Å². The number of aryl methyl sites for hydroxylation is 2. The first kappa shape index (κ1) is 14.0. The standard InChI is InChI=1S/C15H18FNOS/c1-3-13-4-5-15(19-13)14(9-18)17-12-7-10(2)6-11(16)8-12/h4-8,14,17-18H,3,9H2,1-2H3. The van der Waals surface area contributed by atoms with E-state index in [1.165, 1.54) is 17.0 Å². The third kappa shape index (κ3) is 3.55. The van der Waals surface area contributed by atoms with E-state index in [1.807, 2.05) is 19.1 Å². The van der Waals surface area contributed by atoms with Crippen molar-refractivity contribution in [2.24, 2.45) is 0 Å². The van der Waals surface area contributed by atoms with Crippen molar-refractivity contribution in [3.8, 4) is 0 Å². The normalized spacial score (nSPS) is 12.4. The van der Waals surface area contributed by atoms with Crippen molar-refractivity contribution in [1.82, 2.24) is 0 Å². The molecule has 1 atom stereocenters. The average molecular weight is 279 g/mol. The monoisotopic (exact) mass is 279 g/mol. The number of halogens is 1. The number of hydrogen-bond donors (Lipinski definition) is 2. The Morgan fingerprint density at radius 3 is 2.68 bits per heavy atom. The summed E-state index contributed by atoms with van der Waals surface area (Å²) in [5.41, 5.74) is 1.56. The molecule has 1 aromatic heterocycles. The van der Waals surface area contributed by atoms with Crippen LogP contribution in [0.4, 0.5) is 10.1 Å². The fraction of sp³-hybridized carbons (Fsp3) is 0.333. The van der Waals surface area contributed by atoms with Gasteiger partial charge in [0.1, 0.15) is 5.82 Å². The highest BCUT2D eigenvalue weighted by molar-refractivity contribution is 7.12. The van der Waals surface area contributed by atoms with Gasteiger partial charge in [-0.2, -0.15) is 0 Å². The molecular formula is C15H18FNOS. The maximum Gasteiger partial charge on any atom is 0.125 e. The van der Waals surface area contributed by atoms with Crippen molar-refractivity contribution >= 4 is 17.0 Å². The fourth-order valence-corrected chi connectivity index (χ4v) is 2.99. The Balaban J connectivity index is 2.18. The summed E-state index contributed by atoms with van der Waals surface area (Å²) in [5.74, 6) is -0.264. The van der Waals surface area contributed by atoms with Gasteiger partial charge in [0.15, 0.2) is 0 Å². The van der Waals surface area contributed by atoms with E-state index in [0.29, 0.717) is 5.69 Å². The lowest BCUT2D eigenvalue weighted by atomic mass is 10.2. The summed E-state index contributed by atoms with van der Waals surface area (Å²) in [6.45, 7) is 3.94. The maximum absolute atomic E-state index is 13.3. The number of thiophene rings is 1. The van der Waals surface area contributed by atoms with Gasteiger partial charge < -0.3 is 10.4 Å². The summed E-state index contributed by atoms with van der Waals surface area (Å²) < 4.78 is 13.3. The Kier molecular flexibility index (Phi) is 4.56. The molecule has 0 bridgehead atoms. The summed E-state index contributed by atoms with van der Waals surface area (Å²) >= 11 is 1.68. The third-order valence-corrected chi connectivity index (χ3v) is 4.28. The molecule has 2 nitrogen and oxygen atoms in total. The van der Waals surface area contributed by atoms with Crippen LogP contribution in [0, 0.1) is 12.7 Å². The van der Waals surface area contributed by atoms with Crippen LogP contribution in [0.5, 0.6) is 0 Å². The van der Waals surface area contributed by atoms with Crippen molar-refractivity contribution < 1.29 is 9.50 Å². The summed E-state index contributed by atoms with van der Waals surface area (Å²) in [6.07, 6.45) is 0.988. The molecule has 2 N–H and O–H groups in total. The van der Waals surface area contributed by atoms with E-state index in [4.69, 9.17) is 0 Å². The van der Waals surface area contributed by atoms with E-state index in [0.717, 1.165) is 16.9 Å². The van der Waals surface area contributed by atoms with Crippen molar-refractivity contribution in [1.29, 1.82) is 0 Å². The van der Waals surface area contributed by atoms with Gasteiger partial charge in [0.25, 0.3) is 0 Å². The van der Waals surface area contributed by atoms with Crippen LogP contribution < -0.4 is 5.32 Å². The Morgan fingerprint density at radius 2 is 2.11 bits per heavy atom. The minimum Gasteiger partial charge on any atom is -0.394 e. The first-order valence-electron chi connectivity index (χ1n) is 6.35. The minimum atomic E-state index is -0.264. The Bertz CT molecular complexity index is 533. The lowest BCUT2D eigenvalue weighted by Crippen LogP contribution is -2.13. The number of hydrogen-bond acceptors (Lipinski definition) is 3. The van der Waals surface area contributed by atoms with Crippen LogP contribution in [0.15, 0.2) is 30.3 Å². The molecule has 0 spiro atoms. The molecule has 0 saturated carbocycles. The molecule has 0 aliphatic rings. The quantitative estimate of drug-likeness (QED) is 0.870. The average Bonchev–Trinajstić information content (AvgIpc) is 2.83. The van der Waals surface area contributed by atoms with Gasteiger partial charge in [0, 0.05) is 15.4 Å². The molecule has 0 amide bonds. The van der Waals surface area contributed by atoms with Crippen molar-refractivity contribution in [3.63, 3.8) is 0 Å². The fourth-order valence-electron chi connectivity index (χ4n) is 2.00. The van der Waals surface area contributed by atoms with Gasteiger partial charge >= 0.3 is 0 Å². The predicted molar refractivity (Wildman–Crippen MR) is 78.3 cm³/mol. The Hall–Kier alpha value is -1.39. The molecule has 2 aromatic rings. The topological polar surface area (TPSA) is 32.3 Å². The zero-order valence-electron chi connectivity index (χ0n) is 11.1. The number of aliphatic hydroxyl groups excluding tert-OH is 1. The van der Waals surface area contributed by atoms with E-state index in [2.05, 4.69) is 18.3 Å². The van der Waals surface area contributed by atoms with Crippen LogP contribution >= 0.6 is 11.3 Å². The van der Waals surface area contributed by atoms with Gasteiger partial charge in [0.2, 0.25) is 0 Å². The second-order valence-electron chi connectivity index (χ2n) is 4.55. The van der Waals surface area contributed by atoms with E-state index >= 15 is 0 Å². The van der Waals surface area contributed by atoms with E-state index in [1.54, 1.807) is 11.3 Å². The summed E-state index contributed by atoms with van der Waals surface area (Å²) in [6, 6.07) is 8.71. The maximum atomic E-state index is 13.3. The van der Waals surface area contributed by atoms with E-state index < -0.39 is 0 Å². The minimum absolute atomic E-state index is 0.0147. The van der Waals surface area contributed by atoms with Gasteiger partial charge in [-0.15, -0.1) is 11.3 Å². The van der Waals surface area contributed by atoms with E-state index in [9.17, 15) is 9.50 Å². The first-order chi connectivity index (χ1) is 9.12. The molecule has 1 aromatic carbocycles. The summed E-state index contributed by atoms with van der Waals surface area (Å²) in [4.78, 5) is 2.35. The number of anilines is 1. The molecule has 4 heteroatoms. The number of benzene rings is 1. The van der Waals surface area contributed by atoms with Gasteiger partial charge in [0.05, 0.1) is 12.6 Å². The molecule has 0 radical (unpaired) electrons. The van der Waals surface area contributed by atoms with Gasteiger partial charge in [-0.05, 0) is 49.2 Å². The molecule has 1 unspecified atom stereocenters. The van der Waals surface area contributed by atoms with Crippen LogP contribution in [-0.4, -0.2) is 11.7 Å². The number of aliphatic hydroxyl groups is 1. The smallest absolute Gasteiger partial charge is 0.125 e. The first-order valence-corrected chi connectivity index (χ1v) is 7.17. The molecule has 0 saturated heterocycles. The molecule has 2 rings (SSSR count). The van der Waals surface area contributed by atoms with Crippen molar-refractivity contribution in [3.05, 3.63) is 51.5 Å². The lowest BCUT2D eigenvalue weighted by molar-refractivity contribution is 0.277. The van der Waals surface area contributed by atoms with Crippen LogP contribution in [0.2, 0.25) is 0 Å². The zero-order chi connectivity index (χ0) is 13.8. The molecule has 0 aliphatic carbocycles. The zero-order valence-corrected chi connectivity index (χ0v) is 11.9. The second-order valence-corrected chi connectivity index (χ2v) is 5.75. The van der Waals surface area contributed by atoms with Crippen LogP contribution in [-0.2, 0) is 6.42 Å². The van der Waals surface area contributed by atoms with Crippen molar-refractivity contribution in [2.75, 3.05) is 11.9 Å². The highest BCUT2D eigenvalue weighted by Gasteiger charge is 2.13. The SMILES string of the molecule is CCc1ccc(C(CO)Nc2cc(C)cc(F)c2)s1. The molecular weight excluding hydrogens is 261 g/mol. The molecule has 1 heterocycles. The third-order valence-electron chi connectivity index (χ3n) is 2.94. The lowest BCUT2D eigenvalue weighted by Gasteiger charge is -2.16. The Morgan fingerprint density at radius 1 is 1.32 bits per heavy atom. The number of nitrogens with one attached hydrogen (secondary N) is 1. The predicted octanol–water partition coefficient (Wildman–Crippen LogP) is 3.90.